The van der Waals surface area contributed by atoms with Crippen LogP contribution in [0.1, 0.15) is 48.7 Å². The van der Waals surface area contributed by atoms with Gasteiger partial charge in [0.05, 0.1) is 17.9 Å². The van der Waals surface area contributed by atoms with Crippen LogP contribution < -0.4 is 4.74 Å². The molecule has 0 N–H and O–H groups in total. The van der Waals surface area contributed by atoms with E-state index in [9.17, 15) is 4.79 Å². The predicted molar refractivity (Wildman–Crippen MR) is 96.4 cm³/mol. The van der Waals surface area contributed by atoms with Crippen LogP contribution in [-0.2, 0) is 16.6 Å². The van der Waals surface area contributed by atoms with Gasteiger partial charge in [0.1, 0.15) is 11.9 Å². The third-order valence-corrected chi connectivity index (χ3v) is 4.73. The summed E-state index contributed by atoms with van der Waals surface area (Å²) in [5.74, 6) is 0.392. The van der Waals surface area contributed by atoms with Crippen molar-refractivity contribution in [2.24, 2.45) is 0 Å². The maximum atomic E-state index is 11.9. The molecule has 0 atom stereocenters. The zero-order chi connectivity index (χ0) is 18.0. The van der Waals surface area contributed by atoms with Crippen molar-refractivity contribution >= 4 is 5.97 Å². The summed E-state index contributed by atoms with van der Waals surface area (Å²) >= 11 is 0. The quantitative estimate of drug-likeness (QED) is 0.625. The topological polar surface area (TPSA) is 48.4 Å². The Kier molecular flexibility index (Phi) is 4.50. The van der Waals surface area contributed by atoms with Crippen LogP contribution in [0.25, 0.3) is 11.3 Å². The maximum Gasteiger partial charge on any atom is 0.353 e. The Morgan fingerprint density at radius 2 is 2.20 bits per heavy atom. The Morgan fingerprint density at radius 3 is 2.92 bits per heavy atom. The third kappa shape index (κ3) is 3.23. The summed E-state index contributed by atoms with van der Waals surface area (Å²) in [7, 11) is 0. The fraction of sp³-hybridized carbons (Fsp3) is 0.333. The van der Waals surface area contributed by atoms with Gasteiger partial charge in [-0.1, -0.05) is 27.2 Å². The molecular formula is C21H21NO3. The molecule has 25 heavy (non-hydrogen) atoms. The summed E-state index contributed by atoms with van der Waals surface area (Å²) in [6.07, 6.45) is 10.2. The Labute approximate surface area is 148 Å². The number of hydrogen-bond donors (Lipinski definition) is 0. The maximum absolute atomic E-state index is 11.9. The van der Waals surface area contributed by atoms with E-state index in [1.165, 1.54) is 11.8 Å². The minimum atomic E-state index is -0.543. The van der Waals surface area contributed by atoms with Gasteiger partial charge in [-0.15, -0.1) is 0 Å². The van der Waals surface area contributed by atoms with Crippen molar-refractivity contribution < 1.29 is 14.3 Å². The molecule has 128 valence electrons. The van der Waals surface area contributed by atoms with Gasteiger partial charge in [-0.05, 0) is 48.1 Å². The summed E-state index contributed by atoms with van der Waals surface area (Å²) in [6.45, 7) is 7.17. The van der Waals surface area contributed by atoms with Crippen molar-refractivity contribution in [2.75, 3.05) is 6.61 Å². The lowest BCUT2D eigenvalue weighted by molar-refractivity contribution is 0.0689. The van der Waals surface area contributed by atoms with Gasteiger partial charge in [0.25, 0.3) is 0 Å². The molecule has 1 aliphatic heterocycles. The van der Waals surface area contributed by atoms with Crippen LogP contribution in [-0.4, -0.2) is 17.6 Å². The molecule has 2 heterocycles. The lowest BCUT2D eigenvalue weighted by Gasteiger charge is -2.32. The largest absolute Gasteiger partial charge is 0.493 e. The number of carbonyl (C=O) groups is 1. The Balaban J connectivity index is 2.03. The average Bonchev–Trinajstić information content (AvgIpc) is 2.61. The van der Waals surface area contributed by atoms with Gasteiger partial charge in [-0.3, -0.25) is 4.98 Å². The Hall–Kier alpha value is -2.80. The third-order valence-electron chi connectivity index (χ3n) is 4.73. The van der Waals surface area contributed by atoms with Crippen molar-refractivity contribution in [2.45, 2.75) is 39.0 Å². The summed E-state index contributed by atoms with van der Waals surface area (Å²) in [5.41, 5.74) is 4.34. The van der Waals surface area contributed by atoms with E-state index in [-0.39, 0.29) is 5.41 Å². The smallest absolute Gasteiger partial charge is 0.353 e. The van der Waals surface area contributed by atoms with E-state index in [1.54, 1.807) is 0 Å². The number of terminal acetylenes is 1. The summed E-state index contributed by atoms with van der Waals surface area (Å²) in [5, 5.41) is 0. The zero-order valence-corrected chi connectivity index (χ0v) is 14.8. The molecule has 2 aromatic rings. The molecular weight excluding hydrogens is 314 g/mol. The minimum absolute atomic E-state index is 0.0632. The van der Waals surface area contributed by atoms with Gasteiger partial charge in [0, 0.05) is 17.3 Å². The molecule has 4 heteroatoms. The molecule has 3 rings (SSSR count). The molecule has 1 aromatic heterocycles. The number of aromatic nitrogens is 1. The van der Waals surface area contributed by atoms with Gasteiger partial charge >= 0.3 is 5.97 Å². The second kappa shape index (κ2) is 6.60. The van der Waals surface area contributed by atoms with Crippen LogP contribution in [0.4, 0.5) is 0 Å². The van der Waals surface area contributed by atoms with Crippen molar-refractivity contribution in [1.29, 1.82) is 0 Å². The molecule has 0 fully saturated rings. The minimum Gasteiger partial charge on any atom is -0.493 e. The molecule has 0 saturated heterocycles. The number of hydrogen-bond acceptors (Lipinski definition) is 4. The molecule has 0 radical (unpaired) electrons. The van der Waals surface area contributed by atoms with E-state index in [0.29, 0.717) is 12.0 Å². The molecule has 0 saturated carbocycles. The summed E-state index contributed by atoms with van der Waals surface area (Å²) in [6, 6.07) is 8.06. The first kappa shape index (κ1) is 17.0. The van der Waals surface area contributed by atoms with Gasteiger partial charge in [0.2, 0.25) is 0 Å². The van der Waals surface area contributed by atoms with Crippen molar-refractivity contribution in [3.8, 4) is 29.5 Å². The molecule has 1 aromatic carbocycles. The number of carbonyl (C=O) groups excluding carboxylic acids is 1. The monoisotopic (exact) mass is 335 g/mol. The number of ether oxygens (including phenoxy) is 2. The summed E-state index contributed by atoms with van der Waals surface area (Å²) in [4.78, 5) is 16.4. The Bertz CT molecular complexity index is 862. The van der Waals surface area contributed by atoms with Crippen LogP contribution in [0, 0.1) is 12.5 Å². The highest BCUT2D eigenvalue weighted by Gasteiger charge is 2.29. The SMILES string of the molecule is C#COC(=O)c1cnc(-c2ccc3c(c2)C(C)(C)CCO3)cc1CC. The number of rotatable bonds is 3. The van der Waals surface area contributed by atoms with Crippen molar-refractivity contribution in [3.05, 3.63) is 47.2 Å². The van der Waals surface area contributed by atoms with Crippen LogP contribution in [0.15, 0.2) is 30.5 Å². The molecule has 0 aliphatic carbocycles. The van der Waals surface area contributed by atoms with Crippen LogP contribution in [0.2, 0.25) is 0 Å². The molecule has 0 bridgehead atoms. The predicted octanol–water partition coefficient (Wildman–Crippen LogP) is 4.12. The highest BCUT2D eigenvalue weighted by atomic mass is 16.5. The van der Waals surface area contributed by atoms with Gasteiger partial charge in [-0.25, -0.2) is 4.79 Å². The highest BCUT2D eigenvalue weighted by Crippen LogP contribution is 2.40. The highest BCUT2D eigenvalue weighted by molar-refractivity contribution is 5.92. The van der Waals surface area contributed by atoms with E-state index in [0.717, 1.165) is 35.6 Å². The number of pyridine rings is 1. The zero-order valence-electron chi connectivity index (χ0n) is 14.8. The number of esters is 1. The van der Waals surface area contributed by atoms with E-state index < -0.39 is 5.97 Å². The van der Waals surface area contributed by atoms with Crippen LogP contribution in [0.3, 0.4) is 0 Å². The molecule has 1 aliphatic rings. The van der Waals surface area contributed by atoms with Crippen LogP contribution in [0.5, 0.6) is 5.75 Å². The Morgan fingerprint density at radius 1 is 1.40 bits per heavy atom. The first-order valence-corrected chi connectivity index (χ1v) is 8.39. The van der Waals surface area contributed by atoms with Gasteiger partial charge in [0.15, 0.2) is 0 Å². The van der Waals surface area contributed by atoms with E-state index >= 15 is 0 Å². The first-order valence-electron chi connectivity index (χ1n) is 8.39. The summed E-state index contributed by atoms with van der Waals surface area (Å²) < 4.78 is 10.4. The fourth-order valence-electron chi connectivity index (χ4n) is 3.13. The molecule has 0 amide bonds. The molecule has 0 unspecified atom stereocenters. The molecule has 4 nitrogen and oxygen atoms in total. The lowest BCUT2D eigenvalue weighted by atomic mass is 9.79. The average molecular weight is 335 g/mol. The van der Waals surface area contributed by atoms with Gasteiger partial charge < -0.3 is 9.47 Å². The van der Waals surface area contributed by atoms with Gasteiger partial charge in [-0.2, -0.15) is 0 Å². The standard InChI is InChI=1S/C21H21NO3/c1-5-14-12-18(22-13-16(14)20(23)24-6-2)15-7-8-19-17(11-15)21(3,4)9-10-25-19/h2,7-8,11-13H,5,9-10H2,1,3-4H3. The van der Waals surface area contributed by atoms with Crippen molar-refractivity contribution in [3.63, 3.8) is 0 Å². The lowest BCUT2D eigenvalue weighted by Crippen LogP contribution is -2.26. The number of benzene rings is 1. The fourth-order valence-corrected chi connectivity index (χ4v) is 3.13. The van der Waals surface area contributed by atoms with Crippen molar-refractivity contribution in [1.82, 2.24) is 4.98 Å². The van der Waals surface area contributed by atoms with E-state index in [2.05, 4.69) is 29.6 Å². The van der Waals surface area contributed by atoms with E-state index in [4.69, 9.17) is 11.2 Å². The van der Waals surface area contributed by atoms with Crippen LogP contribution >= 0.6 is 0 Å². The second-order valence-corrected chi connectivity index (χ2v) is 6.78. The number of fused-ring (bicyclic) bond motifs is 1. The second-order valence-electron chi connectivity index (χ2n) is 6.78. The van der Waals surface area contributed by atoms with E-state index in [1.807, 2.05) is 31.2 Å². The number of aryl methyl sites for hydroxylation is 1. The normalized spacial score (nSPS) is 14.8. The molecule has 0 spiro atoms. The number of nitrogens with zero attached hydrogens (tertiary/aromatic N) is 1. The first-order chi connectivity index (χ1) is 12.0.